The van der Waals surface area contributed by atoms with Crippen molar-refractivity contribution in [1.82, 2.24) is 9.78 Å². The van der Waals surface area contributed by atoms with Crippen LogP contribution in [0.2, 0.25) is 0 Å². The predicted molar refractivity (Wildman–Crippen MR) is 82.7 cm³/mol. The molecule has 1 aromatic heterocycles. The van der Waals surface area contributed by atoms with E-state index in [1.165, 1.54) is 23.2 Å². The summed E-state index contributed by atoms with van der Waals surface area (Å²) in [5.74, 6) is 0.885. The molecular formula is C17H23N3. The van der Waals surface area contributed by atoms with Crippen LogP contribution >= 0.6 is 0 Å². The number of aromatic nitrogens is 2. The van der Waals surface area contributed by atoms with Gasteiger partial charge in [-0.15, -0.1) is 0 Å². The molecule has 0 saturated heterocycles. The lowest BCUT2D eigenvalue weighted by Crippen LogP contribution is -2.16. The van der Waals surface area contributed by atoms with E-state index in [-0.39, 0.29) is 5.41 Å². The van der Waals surface area contributed by atoms with Crippen molar-refractivity contribution in [3.63, 3.8) is 0 Å². The second kappa shape index (κ2) is 4.97. The first-order valence-electron chi connectivity index (χ1n) is 7.47. The van der Waals surface area contributed by atoms with Gasteiger partial charge in [0.15, 0.2) is 0 Å². The van der Waals surface area contributed by atoms with Gasteiger partial charge in [-0.2, -0.15) is 5.10 Å². The fraction of sp³-hybridized carbons (Fsp3) is 0.471. The predicted octanol–water partition coefficient (Wildman–Crippen LogP) is 3.32. The molecule has 1 aliphatic carbocycles. The Morgan fingerprint density at radius 3 is 2.70 bits per heavy atom. The molecule has 2 N–H and O–H groups in total. The number of nitrogen functional groups attached to an aromatic ring is 1. The summed E-state index contributed by atoms with van der Waals surface area (Å²) in [5, 5.41) is 4.71. The third-order valence-corrected chi connectivity index (χ3v) is 4.41. The minimum Gasteiger partial charge on any atom is -0.384 e. The minimum atomic E-state index is 0.192. The number of nitrogens with two attached hydrogens (primary N) is 1. The first kappa shape index (κ1) is 13.2. The average molecular weight is 269 g/mol. The minimum absolute atomic E-state index is 0.192. The Hall–Kier alpha value is -1.77. The highest BCUT2D eigenvalue weighted by atomic mass is 15.3. The zero-order chi connectivity index (χ0) is 14.2. The van der Waals surface area contributed by atoms with Crippen molar-refractivity contribution >= 4 is 5.82 Å². The maximum atomic E-state index is 6.31. The first-order valence-corrected chi connectivity index (χ1v) is 7.47. The van der Waals surface area contributed by atoms with E-state index in [0.717, 1.165) is 31.6 Å². The zero-order valence-corrected chi connectivity index (χ0v) is 12.4. The Kier molecular flexibility index (Phi) is 3.28. The number of benzene rings is 1. The Balaban J connectivity index is 1.68. The van der Waals surface area contributed by atoms with E-state index >= 15 is 0 Å². The van der Waals surface area contributed by atoms with Gasteiger partial charge in [0.25, 0.3) is 0 Å². The van der Waals surface area contributed by atoms with Crippen LogP contribution in [-0.2, 0) is 24.8 Å². The number of anilines is 1. The molecule has 1 aliphatic rings. The Morgan fingerprint density at radius 1 is 1.25 bits per heavy atom. The largest absolute Gasteiger partial charge is 0.384 e. The van der Waals surface area contributed by atoms with Crippen LogP contribution in [0.15, 0.2) is 30.3 Å². The van der Waals surface area contributed by atoms with Gasteiger partial charge in [0.2, 0.25) is 0 Å². The lowest BCUT2D eigenvalue weighted by atomic mass is 9.87. The van der Waals surface area contributed by atoms with Gasteiger partial charge in [0.1, 0.15) is 5.82 Å². The number of hydrogen-bond acceptors (Lipinski definition) is 2. The van der Waals surface area contributed by atoms with Crippen molar-refractivity contribution < 1.29 is 0 Å². The zero-order valence-electron chi connectivity index (χ0n) is 12.4. The van der Waals surface area contributed by atoms with Crippen molar-refractivity contribution in [2.45, 2.75) is 51.5 Å². The number of nitrogens with zero attached hydrogens (tertiary/aromatic N) is 2. The first-order chi connectivity index (χ1) is 9.58. The van der Waals surface area contributed by atoms with Gasteiger partial charge in [-0.1, -0.05) is 44.2 Å². The van der Waals surface area contributed by atoms with Crippen molar-refractivity contribution in [2.24, 2.45) is 0 Å². The van der Waals surface area contributed by atoms with Gasteiger partial charge < -0.3 is 5.73 Å². The number of hydrogen-bond donors (Lipinski definition) is 1. The second-order valence-electron chi connectivity index (χ2n) is 6.40. The third-order valence-electron chi connectivity index (χ3n) is 4.41. The van der Waals surface area contributed by atoms with Crippen LogP contribution in [0.3, 0.4) is 0 Å². The molecule has 0 fully saturated rings. The van der Waals surface area contributed by atoms with Gasteiger partial charge >= 0.3 is 0 Å². The molecule has 1 aromatic carbocycles. The van der Waals surface area contributed by atoms with Crippen LogP contribution in [0.4, 0.5) is 5.82 Å². The Bertz CT molecular complexity index is 596. The molecule has 3 rings (SSSR count). The molecule has 0 atom stereocenters. The summed E-state index contributed by atoms with van der Waals surface area (Å²) in [6.07, 6.45) is 4.39. The van der Waals surface area contributed by atoms with Crippen LogP contribution in [0, 0.1) is 0 Å². The van der Waals surface area contributed by atoms with Crippen molar-refractivity contribution in [3.8, 4) is 0 Å². The van der Waals surface area contributed by atoms with Crippen LogP contribution < -0.4 is 5.73 Å². The van der Waals surface area contributed by atoms with Gasteiger partial charge in [0, 0.05) is 12.1 Å². The normalized spacial score (nSPS) is 16.3. The molecule has 2 aromatic rings. The number of fused-ring (bicyclic) bond motifs is 1. The molecule has 20 heavy (non-hydrogen) atoms. The molecule has 0 spiro atoms. The molecule has 3 nitrogen and oxygen atoms in total. The Morgan fingerprint density at radius 2 is 2.00 bits per heavy atom. The number of rotatable bonds is 4. The molecular weight excluding hydrogens is 246 g/mol. The molecule has 3 heteroatoms. The summed E-state index contributed by atoms with van der Waals surface area (Å²) in [7, 11) is 0. The molecule has 0 unspecified atom stereocenters. The molecule has 0 radical (unpaired) electrons. The molecule has 0 saturated carbocycles. The van der Waals surface area contributed by atoms with E-state index < -0.39 is 0 Å². The molecule has 0 aliphatic heterocycles. The lowest BCUT2D eigenvalue weighted by molar-refractivity contribution is 0.509. The van der Waals surface area contributed by atoms with Gasteiger partial charge in [-0.25, -0.2) is 4.68 Å². The summed E-state index contributed by atoms with van der Waals surface area (Å²) in [5.41, 5.74) is 10.4. The SMILES string of the molecule is CC1(C)CCc2nn(CCCc3ccccc3)c(N)c21. The van der Waals surface area contributed by atoms with E-state index in [2.05, 4.69) is 44.2 Å². The maximum Gasteiger partial charge on any atom is 0.125 e. The maximum absolute atomic E-state index is 6.31. The summed E-state index contributed by atoms with van der Waals surface area (Å²) in [4.78, 5) is 0. The van der Waals surface area contributed by atoms with Gasteiger partial charge in [0.05, 0.1) is 5.69 Å². The van der Waals surface area contributed by atoms with E-state index in [4.69, 9.17) is 10.8 Å². The third kappa shape index (κ3) is 2.33. The standard InChI is InChI=1S/C17H23N3/c1-17(2)11-10-14-15(17)16(18)20(19-14)12-6-9-13-7-4-3-5-8-13/h3-5,7-8H,6,9-12,18H2,1-2H3. The highest BCUT2D eigenvalue weighted by Gasteiger charge is 2.35. The summed E-state index contributed by atoms with van der Waals surface area (Å²) in [6, 6.07) is 10.6. The van der Waals surface area contributed by atoms with E-state index in [1.807, 2.05) is 4.68 Å². The van der Waals surface area contributed by atoms with Crippen molar-refractivity contribution in [1.29, 1.82) is 0 Å². The van der Waals surface area contributed by atoms with Gasteiger partial charge in [-0.05, 0) is 36.7 Å². The molecule has 106 valence electrons. The quantitative estimate of drug-likeness (QED) is 0.925. The fourth-order valence-corrected chi connectivity index (χ4v) is 3.24. The topological polar surface area (TPSA) is 43.8 Å². The van der Waals surface area contributed by atoms with Crippen molar-refractivity contribution in [2.75, 3.05) is 5.73 Å². The molecule has 0 amide bonds. The van der Waals surface area contributed by atoms with E-state index in [0.29, 0.717) is 0 Å². The van der Waals surface area contributed by atoms with Crippen molar-refractivity contribution in [3.05, 3.63) is 47.2 Å². The highest BCUT2D eigenvalue weighted by Crippen LogP contribution is 2.41. The second-order valence-corrected chi connectivity index (χ2v) is 6.40. The lowest BCUT2D eigenvalue weighted by Gasteiger charge is -2.18. The van der Waals surface area contributed by atoms with Crippen LogP contribution in [0.25, 0.3) is 0 Å². The average Bonchev–Trinajstić information content (AvgIpc) is 2.90. The number of aryl methyl sites for hydroxylation is 3. The highest BCUT2D eigenvalue weighted by molar-refractivity contribution is 5.51. The van der Waals surface area contributed by atoms with E-state index in [9.17, 15) is 0 Å². The van der Waals surface area contributed by atoms with Gasteiger partial charge in [-0.3, -0.25) is 0 Å². The smallest absolute Gasteiger partial charge is 0.125 e. The van der Waals surface area contributed by atoms with Crippen LogP contribution in [0.5, 0.6) is 0 Å². The summed E-state index contributed by atoms with van der Waals surface area (Å²) < 4.78 is 2.01. The summed E-state index contributed by atoms with van der Waals surface area (Å²) >= 11 is 0. The summed E-state index contributed by atoms with van der Waals surface area (Å²) in [6.45, 7) is 5.44. The van der Waals surface area contributed by atoms with Crippen LogP contribution in [0.1, 0.15) is 43.5 Å². The van der Waals surface area contributed by atoms with E-state index in [1.54, 1.807) is 0 Å². The fourth-order valence-electron chi connectivity index (χ4n) is 3.24. The van der Waals surface area contributed by atoms with Crippen LogP contribution in [-0.4, -0.2) is 9.78 Å². The monoisotopic (exact) mass is 269 g/mol. The Labute approximate surface area is 120 Å². The molecule has 1 heterocycles. The molecule has 0 bridgehead atoms.